The lowest BCUT2D eigenvalue weighted by Gasteiger charge is -2.24. The molecule has 27 heavy (non-hydrogen) atoms. The van der Waals surface area contributed by atoms with Gasteiger partial charge in [0.25, 0.3) is 11.8 Å². The van der Waals surface area contributed by atoms with Gasteiger partial charge in [0.15, 0.2) is 6.61 Å². The predicted molar refractivity (Wildman–Crippen MR) is 100 cm³/mol. The van der Waals surface area contributed by atoms with Crippen LogP contribution in [0.5, 0.6) is 5.75 Å². The highest BCUT2D eigenvalue weighted by molar-refractivity contribution is 5.97. The smallest absolute Gasteiger partial charge is 0.262 e. The molecule has 3 rings (SSSR count). The summed E-state index contributed by atoms with van der Waals surface area (Å²) in [5.74, 6) is -0.963. The number of hydrogen-bond acceptors (Lipinski definition) is 4. The van der Waals surface area contributed by atoms with E-state index in [4.69, 9.17) is 4.74 Å². The number of rotatable bonds is 6. The van der Waals surface area contributed by atoms with Crippen LogP contribution in [0.4, 0.5) is 10.1 Å². The zero-order valence-corrected chi connectivity index (χ0v) is 14.8. The molecule has 2 aromatic rings. The number of amides is 2. The quantitative estimate of drug-likeness (QED) is 0.728. The van der Waals surface area contributed by atoms with Gasteiger partial charge in [-0.15, -0.1) is 0 Å². The van der Waals surface area contributed by atoms with Crippen molar-refractivity contribution in [1.82, 2.24) is 10.6 Å². The van der Waals surface area contributed by atoms with Crippen LogP contribution >= 0.6 is 0 Å². The van der Waals surface area contributed by atoms with Gasteiger partial charge in [-0.1, -0.05) is 24.3 Å². The fraction of sp³-hybridized carbons (Fsp3) is 0.300. The lowest BCUT2D eigenvalue weighted by atomic mass is 10.1. The molecule has 2 aromatic carbocycles. The van der Waals surface area contributed by atoms with Gasteiger partial charge in [-0.05, 0) is 43.7 Å². The fourth-order valence-electron chi connectivity index (χ4n) is 2.91. The van der Waals surface area contributed by atoms with E-state index >= 15 is 0 Å². The average molecular weight is 371 g/mol. The van der Waals surface area contributed by atoms with Crippen LogP contribution in [0, 0.1) is 5.82 Å². The summed E-state index contributed by atoms with van der Waals surface area (Å²) >= 11 is 0. The summed E-state index contributed by atoms with van der Waals surface area (Å²) in [5.41, 5.74) is 0.448. The van der Waals surface area contributed by atoms with Crippen molar-refractivity contribution in [2.45, 2.75) is 18.9 Å². The van der Waals surface area contributed by atoms with Crippen molar-refractivity contribution in [2.24, 2.45) is 0 Å². The number of nitrogens with one attached hydrogen (secondary N) is 3. The maximum atomic E-state index is 13.6. The Kier molecular flexibility index (Phi) is 6.38. The first-order chi connectivity index (χ1) is 13.1. The Morgan fingerprint density at radius 1 is 1.15 bits per heavy atom. The fourth-order valence-corrected chi connectivity index (χ4v) is 2.91. The number of hydrogen-bond donors (Lipinski definition) is 3. The van der Waals surface area contributed by atoms with Gasteiger partial charge in [-0.25, -0.2) is 4.39 Å². The lowest BCUT2D eigenvalue weighted by molar-refractivity contribution is -0.118. The largest absolute Gasteiger partial charge is 0.483 e. The molecule has 1 fully saturated rings. The molecule has 1 atom stereocenters. The molecule has 1 unspecified atom stereocenters. The molecule has 0 saturated carbocycles. The molecular weight excluding hydrogens is 349 g/mol. The first-order valence-corrected chi connectivity index (χ1v) is 8.91. The maximum Gasteiger partial charge on any atom is 0.262 e. The third-order valence-corrected chi connectivity index (χ3v) is 4.27. The Labute approximate surface area is 157 Å². The number of halogens is 1. The average Bonchev–Trinajstić information content (AvgIpc) is 2.69. The summed E-state index contributed by atoms with van der Waals surface area (Å²) in [6.07, 6.45) is 1.94. The SMILES string of the molecule is O=C(COc1ccccc1C(=O)NC1CCCNC1)Nc1ccccc1F. The Morgan fingerprint density at radius 2 is 1.93 bits per heavy atom. The number of para-hydroxylation sites is 2. The zero-order chi connectivity index (χ0) is 19.1. The summed E-state index contributed by atoms with van der Waals surface area (Å²) in [6.45, 7) is 1.37. The van der Waals surface area contributed by atoms with Crippen molar-refractivity contribution in [3.05, 3.63) is 59.9 Å². The van der Waals surface area contributed by atoms with Crippen LogP contribution in [0.2, 0.25) is 0 Å². The number of piperidine rings is 1. The lowest BCUT2D eigenvalue weighted by Crippen LogP contribution is -2.45. The molecule has 7 heteroatoms. The number of carbonyl (C=O) groups is 2. The molecule has 142 valence electrons. The Morgan fingerprint density at radius 3 is 2.70 bits per heavy atom. The second-order valence-corrected chi connectivity index (χ2v) is 6.33. The van der Waals surface area contributed by atoms with Crippen molar-refractivity contribution in [3.63, 3.8) is 0 Å². The molecule has 1 aliphatic rings. The Hall–Kier alpha value is -2.93. The minimum absolute atomic E-state index is 0.0728. The van der Waals surface area contributed by atoms with Crippen molar-refractivity contribution in [3.8, 4) is 5.75 Å². The summed E-state index contributed by atoms with van der Waals surface area (Å²) in [4.78, 5) is 24.6. The summed E-state index contributed by atoms with van der Waals surface area (Å²) in [7, 11) is 0. The predicted octanol–water partition coefficient (Wildman–Crippen LogP) is 2.32. The van der Waals surface area contributed by atoms with Gasteiger partial charge in [-0.3, -0.25) is 9.59 Å². The molecule has 6 nitrogen and oxygen atoms in total. The van der Waals surface area contributed by atoms with E-state index < -0.39 is 11.7 Å². The highest BCUT2D eigenvalue weighted by Crippen LogP contribution is 2.19. The van der Waals surface area contributed by atoms with E-state index in [2.05, 4.69) is 16.0 Å². The van der Waals surface area contributed by atoms with Crippen LogP contribution in [0.1, 0.15) is 23.2 Å². The molecule has 0 bridgehead atoms. The summed E-state index contributed by atoms with van der Waals surface area (Å²) in [5, 5.41) is 8.67. The van der Waals surface area contributed by atoms with Crippen molar-refractivity contribution < 1.29 is 18.7 Å². The maximum absolute atomic E-state index is 13.6. The molecule has 2 amide bonds. The third kappa shape index (κ3) is 5.27. The Bertz CT molecular complexity index is 807. The zero-order valence-electron chi connectivity index (χ0n) is 14.8. The summed E-state index contributed by atoms with van der Waals surface area (Å²) in [6, 6.07) is 12.7. The van der Waals surface area contributed by atoms with E-state index in [0.717, 1.165) is 25.9 Å². The van der Waals surface area contributed by atoms with Gasteiger partial charge >= 0.3 is 0 Å². The van der Waals surface area contributed by atoms with Crippen LogP contribution in [0.25, 0.3) is 0 Å². The second kappa shape index (κ2) is 9.14. The highest BCUT2D eigenvalue weighted by atomic mass is 19.1. The standard InChI is InChI=1S/C20H22FN3O3/c21-16-8-2-3-9-17(16)24-19(25)13-27-18-10-4-1-7-15(18)20(26)23-14-6-5-11-22-12-14/h1-4,7-10,14,22H,5-6,11-13H2,(H,23,26)(H,24,25). The van der Waals surface area contributed by atoms with Crippen LogP contribution in [0.3, 0.4) is 0 Å². The van der Waals surface area contributed by atoms with Gasteiger partial charge < -0.3 is 20.7 Å². The van der Waals surface area contributed by atoms with E-state index in [0.29, 0.717) is 11.3 Å². The molecule has 3 N–H and O–H groups in total. The topological polar surface area (TPSA) is 79.5 Å². The van der Waals surface area contributed by atoms with E-state index in [-0.39, 0.29) is 24.2 Å². The molecule has 0 aromatic heterocycles. The first kappa shape index (κ1) is 18.8. The van der Waals surface area contributed by atoms with Crippen LogP contribution in [-0.2, 0) is 4.79 Å². The second-order valence-electron chi connectivity index (χ2n) is 6.33. The number of ether oxygens (including phenoxy) is 1. The molecule has 1 saturated heterocycles. The molecule has 0 aliphatic carbocycles. The summed E-state index contributed by atoms with van der Waals surface area (Å²) < 4.78 is 19.1. The van der Waals surface area contributed by atoms with Crippen LogP contribution in [0.15, 0.2) is 48.5 Å². The normalized spacial score (nSPS) is 16.4. The van der Waals surface area contributed by atoms with Gasteiger partial charge in [0.2, 0.25) is 0 Å². The van der Waals surface area contributed by atoms with E-state index in [1.807, 2.05) is 0 Å². The molecule has 0 radical (unpaired) electrons. The molecule has 1 heterocycles. The van der Waals surface area contributed by atoms with Gasteiger partial charge in [0, 0.05) is 12.6 Å². The van der Waals surface area contributed by atoms with Crippen molar-refractivity contribution in [2.75, 3.05) is 25.0 Å². The highest BCUT2D eigenvalue weighted by Gasteiger charge is 2.19. The number of benzene rings is 2. The van der Waals surface area contributed by atoms with E-state index in [1.165, 1.54) is 18.2 Å². The van der Waals surface area contributed by atoms with Crippen LogP contribution in [-0.4, -0.2) is 37.6 Å². The minimum atomic E-state index is -0.522. The van der Waals surface area contributed by atoms with Crippen LogP contribution < -0.4 is 20.7 Å². The van der Waals surface area contributed by atoms with Crippen molar-refractivity contribution in [1.29, 1.82) is 0 Å². The number of anilines is 1. The first-order valence-electron chi connectivity index (χ1n) is 8.91. The van der Waals surface area contributed by atoms with Crippen molar-refractivity contribution >= 4 is 17.5 Å². The monoisotopic (exact) mass is 371 g/mol. The minimum Gasteiger partial charge on any atom is -0.483 e. The van der Waals surface area contributed by atoms with E-state index in [9.17, 15) is 14.0 Å². The Balaban J connectivity index is 1.59. The van der Waals surface area contributed by atoms with E-state index in [1.54, 1.807) is 30.3 Å². The number of carbonyl (C=O) groups excluding carboxylic acids is 2. The molecule has 1 aliphatic heterocycles. The molecular formula is C20H22FN3O3. The van der Waals surface area contributed by atoms with Gasteiger partial charge in [0.05, 0.1) is 11.3 Å². The third-order valence-electron chi connectivity index (χ3n) is 4.27. The van der Waals surface area contributed by atoms with Gasteiger partial charge in [0.1, 0.15) is 11.6 Å². The molecule has 0 spiro atoms. The van der Waals surface area contributed by atoms with Gasteiger partial charge in [-0.2, -0.15) is 0 Å².